The van der Waals surface area contributed by atoms with Crippen LogP contribution in [0.2, 0.25) is 0 Å². The van der Waals surface area contributed by atoms with E-state index in [4.69, 9.17) is 5.73 Å². The Labute approximate surface area is 303 Å². The lowest BCUT2D eigenvalue weighted by Crippen LogP contribution is -2.60. The molecule has 0 unspecified atom stereocenters. The quantitative estimate of drug-likeness (QED) is 0.143. The molecular formula is C42H58N4O5. The number of carbonyl (C=O) groups is 4. The first kappa shape index (κ1) is 37.1. The highest BCUT2D eigenvalue weighted by atomic mass is 16.4. The second kappa shape index (κ2) is 13.7. The molecule has 0 saturated heterocycles. The molecule has 0 bridgehead atoms. The molecule has 6 N–H and O–H groups in total. The van der Waals surface area contributed by atoms with E-state index < -0.39 is 22.8 Å². The number of fused-ring (bicyclic) bond motifs is 6. The summed E-state index contributed by atoms with van der Waals surface area (Å²) in [6.45, 7) is 12.6. The van der Waals surface area contributed by atoms with Gasteiger partial charge in [0.1, 0.15) is 0 Å². The van der Waals surface area contributed by atoms with E-state index in [1.165, 1.54) is 16.7 Å². The topological polar surface area (TPSA) is 151 Å². The number of nitrogen functional groups attached to an aromatic ring is 1. The third-order valence-electron chi connectivity index (χ3n) is 13.8. The summed E-state index contributed by atoms with van der Waals surface area (Å²) in [5.74, 6) is -1.37. The van der Waals surface area contributed by atoms with Gasteiger partial charge < -0.3 is 21.5 Å². The molecule has 2 aromatic rings. The van der Waals surface area contributed by atoms with Crippen molar-refractivity contribution < 1.29 is 24.3 Å². The zero-order valence-corrected chi connectivity index (χ0v) is 31.4. The number of carbonyl (C=O) groups excluding carboxylic acids is 3. The minimum atomic E-state index is -0.936. The number of amides is 3. The molecule has 9 nitrogen and oxygen atoms in total. The number of rotatable bonds is 9. The van der Waals surface area contributed by atoms with Crippen LogP contribution in [0.5, 0.6) is 0 Å². The number of carboxylic acid groups (broad SMARTS) is 1. The molecule has 3 amide bonds. The Morgan fingerprint density at radius 2 is 1.33 bits per heavy atom. The van der Waals surface area contributed by atoms with Crippen molar-refractivity contribution in [3.63, 3.8) is 0 Å². The number of anilines is 2. The van der Waals surface area contributed by atoms with Crippen LogP contribution in [0.15, 0.2) is 36.4 Å². The van der Waals surface area contributed by atoms with Gasteiger partial charge in [-0.1, -0.05) is 66.5 Å². The zero-order chi connectivity index (χ0) is 36.9. The summed E-state index contributed by atoms with van der Waals surface area (Å²) in [5, 5.41) is 18.5. The number of nitrogens with one attached hydrogen (secondary N) is 3. The Kier molecular flexibility index (Phi) is 9.94. The number of benzene rings is 2. The Morgan fingerprint density at radius 1 is 0.804 bits per heavy atom. The Balaban J connectivity index is 1.22. The lowest BCUT2D eigenvalue weighted by Gasteiger charge is -2.56. The smallest absolute Gasteiger partial charge is 0.303 e. The van der Waals surface area contributed by atoms with Gasteiger partial charge in [-0.2, -0.15) is 0 Å². The first-order chi connectivity index (χ1) is 24.0. The molecule has 0 aromatic heterocycles. The molecule has 9 heteroatoms. The summed E-state index contributed by atoms with van der Waals surface area (Å²) >= 11 is 0. The fourth-order valence-electron chi connectivity index (χ4n) is 11.1. The number of nitrogens with two attached hydrogens (primary N) is 1. The second-order valence-electron chi connectivity index (χ2n) is 17.4. The van der Waals surface area contributed by atoms with Crippen LogP contribution in [0.25, 0.3) is 0 Å². The van der Waals surface area contributed by atoms with E-state index in [1.54, 1.807) is 0 Å². The molecule has 2 saturated carbocycles. The number of hydrogen-bond donors (Lipinski definition) is 5. The number of aliphatic carboxylic acids is 1. The summed E-state index contributed by atoms with van der Waals surface area (Å²) in [6.07, 6.45) is 8.73. The molecule has 4 aliphatic carbocycles. The normalized spacial score (nSPS) is 31.7. The Hall–Kier alpha value is -3.72. The average molecular weight is 699 g/mol. The maximum absolute atomic E-state index is 14.5. The van der Waals surface area contributed by atoms with Crippen LogP contribution >= 0.6 is 0 Å². The summed E-state index contributed by atoms with van der Waals surface area (Å²) in [4.78, 5) is 53.6. The van der Waals surface area contributed by atoms with E-state index in [-0.39, 0.29) is 59.3 Å². The van der Waals surface area contributed by atoms with Crippen molar-refractivity contribution in [1.82, 2.24) is 10.6 Å². The van der Waals surface area contributed by atoms with Crippen molar-refractivity contribution >= 4 is 35.1 Å². The molecular weight excluding hydrogens is 640 g/mol. The summed E-state index contributed by atoms with van der Waals surface area (Å²) in [6, 6.07) is 11.7. The standard InChI is InChI=1S/C42H58N4O5/c1-25(2)44-32(15-18-35(47)48)36(49)45-29-14-10-27-12-17-34-40(4,31(27)24-29)20-8-22-42(34,6)38(51)46-37(50)41(5)21-7-19-39(3)30-23-28(43)13-9-26(30)11-16-33(39)41/h9-10,13-14,23-25,32-34,44H,7-8,11-12,15-22,43H2,1-6H3,(H,45,49)(H,47,48)(H,46,50,51)/t32-,33+,34+,39+,40+,41-,42-/m0/s1. The van der Waals surface area contributed by atoms with Gasteiger partial charge in [-0.05, 0) is 127 Å². The van der Waals surface area contributed by atoms with Gasteiger partial charge in [-0.3, -0.25) is 24.5 Å². The molecule has 0 radical (unpaired) electrons. The number of aryl methyl sites for hydroxylation is 2. The fraction of sp³-hybridized carbons (Fsp3) is 0.619. The lowest BCUT2D eigenvalue weighted by molar-refractivity contribution is -0.150. The minimum absolute atomic E-state index is 0.0136. The van der Waals surface area contributed by atoms with Gasteiger partial charge in [0.2, 0.25) is 17.7 Å². The lowest BCUT2D eigenvalue weighted by atomic mass is 9.49. The SMILES string of the molecule is CC(C)N[C@@H](CCC(=O)O)C(=O)Nc1ccc2c(c1)[C@@]1(C)CCC[C@](C)(C(=O)NC(=O)[C@@]3(C)CCC[C@]4(C)c5cc(N)ccc5CC[C@@H]34)[C@@H]1CC2. The molecule has 276 valence electrons. The molecule has 0 spiro atoms. The van der Waals surface area contributed by atoms with Crippen molar-refractivity contribution in [3.05, 3.63) is 58.7 Å². The third kappa shape index (κ3) is 6.60. The van der Waals surface area contributed by atoms with Crippen LogP contribution in [0.4, 0.5) is 11.4 Å². The highest BCUT2D eigenvalue weighted by Gasteiger charge is 2.58. The number of carboxylic acids is 1. The molecule has 4 aliphatic rings. The van der Waals surface area contributed by atoms with Gasteiger partial charge in [0, 0.05) is 23.8 Å². The molecule has 6 rings (SSSR count). The van der Waals surface area contributed by atoms with E-state index >= 15 is 0 Å². The molecule has 2 fully saturated rings. The number of imide groups is 1. The van der Waals surface area contributed by atoms with Crippen molar-refractivity contribution in [2.45, 2.75) is 142 Å². The van der Waals surface area contributed by atoms with Crippen LogP contribution < -0.4 is 21.7 Å². The van der Waals surface area contributed by atoms with Gasteiger partial charge in [-0.25, -0.2) is 0 Å². The maximum Gasteiger partial charge on any atom is 0.303 e. The van der Waals surface area contributed by atoms with E-state index in [0.717, 1.165) is 75.5 Å². The third-order valence-corrected chi connectivity index (χ3v) is 13.8. The van der Waals surface area contributed by atoms with Gasteiger partial charge in [-0.15, -0.1) is 0 Å². The molecule has 7 atom stereocenters. The predicted molar refractivity (Wildman–Crippen MR) is 200 cm³/mol. The zero-order valence-electron chi connectivity index (χ0n) is 31.4. The molecule has 0 heterocycles. The Bertz CT molecular complexity index is 1720. The van der Waals surface area contributed by atoms with E-state index in [2.05, 4.69) is 67.9 Å². The van der Waals surface area contributed by atoms with Crippen LogP contribution in [-0.2, 0) is 42.8 Å². The van der Waals surface area contributed by atoms with E-state index in [1.807, 2.05) is 26.0 Å². The fourth-order valence-corrected chi connectivity index (χ4v) is 11.1. The molecule has 2 aromatic carbocycles. The molecule has 0 aliphatic heterocycles. The van der Waals surface area contributed by atoms with Gasteiger partial charge >= 0.3 is 5.97 Å². The van der Waals surface area contributed by atoms with Crippen molar-refractivity contribution in [2.24, 2.45) is 22.7 Å². The van der Waals surface area contributed by atoms with Crippen LogP contribution in [0.1, 0.15) is 128 Å². The first-order valence-electron chi connectivity index (χ1n) is 19.2. The van der Waals surface area contributed by atoms with E-state index in [0.29, 0.717) is 5.69 Å². The summed E-state index contributed by atoms with van der Waals surface area (Å²) < 4.78 is 0. The predicted octanol–water partition coefficient (Wildman–Crippen LogP) is 6.80. The maximum atomic E-state index is 14.5. The Morgan fingerprint density at radius 3 is 1.86 bits per heavy atom. The van der Waals surface area contributed by atoms with Crippen molar-refractivity contribution in [1.29, 1.82) is 0 Å². The summed E-state index contributed by atoms with van der Waals surface area (Å²) in [5.41, 5.74) is 10.8. The first-order valence-corrected chi connectivity index (χ1v) is 19.2. The highest BCUT2D eigenvalue weighted by molar-refractivity contribution is 6.01. The van der Waals surface area contributed by atoms with Crippen LogP contribution in [-0.4, -0.2) is 40.9 Å². The van der Waals surface area contributed by atoms with Gasteiger partial charge in [0.15, 0.2) is 0 Å². The second-order valence-corrected chi connectivity index (χ2v) is 17.4. The van der Waals surface area contributed by atoms with Crippen LogP contribution in [0.3, 0.4) is 0 Å². The van der Waals surface area contributed by atoms with Crippen LogP contribution in [0, 0.1) is 22.7 Å². The highest BCUT2D eigenvalue weighted by Crippen LogP contribution is 2.59. The molecule has 51 heavy (non-hydrogen) atoms. The van der Waals surface area contributed by atoms with Gasteiger partial charge in [0.25, 0.3) is 0 Å². The minimum Gasteiger partial charge on any atom is -0.481 e. The van der Waals surface area contributed by atoms with Crippen molar-refractivity contribution in [2.75, 3.05) is 11.1 Å². The monoisotopic (exact) mass is 698 g/mol. The summed E-state index contributed by atoms with van der Waals surface area (Å²) in [7, 11) is 0. The van der Waals surface area contributed by atoms with Crippen molar-refractivity contribution in [3.8, 4) is 0 Å². The van der Waals surface area contributed by atoms with Gasteiger partial charge in [0.05, 0.1) is 16.9 Å². The average Bonchev–Trinajstić information content (AvgIpc) is 3.06. The number of hydrogen-bond acceptors (Lipinski definition) is 6. The van der Waals surface area contributed by atoms with E-state index in [9.17, 15) is 24.3 Å². The largest absolute Gasteiger partial charge is 0.481 e.